The second kappa shape index (κ2) is 9.64. The maximum atomic E-state index is 12.8. The largest absolute Gasteiger partial charge is 0.309 e. The number of carbonyl (C=O) groups is 1. The third-order valence-corrected chi connectivity index (χ3v) is 7.39. The predicted molar refractivity (Wildman–Crippen MR) is 125 cm³/mol. The topological polar surface area (TPSA) is 87.5 Å². The van der Waals surface area contributed by atoms with Gasteiger partial charge in [-0.05, 0) is 19.1 Å². The first-order chi connectivity index (χ1) is 15.5. The van der Waals surface area contributed by atoms with Crippen LogP contribution >= 0.6 is 0 Å². The van der Waals surface area contributed by atoms with E-state index in [0.717, 1.165) is 16.9 Å². The van der Waals surface area contributed by atoms with Crippen LogP contribution in [-0.4, -0.2) is 71.8 Å². The van der Waals surface area contributed by atoms with Crippen LogP contribution in [0.5, 0.6) is 0 Å². The number of benzene rings is 2. The molecule has 9 heteroatoms. The van der Waals surface area contributed by atoms with Gasteiger partial charge < -0.3 is 5.32 Å². The highest BCUT2D eigenvalue weighted by Crippen LogP contribution is 2.24. The van der Waals surface area contributed by atoms with Gasteiger partial charge in [-0.25, -0.2) is 13.1 Å². The molecule has 32 heavy (non-hydrogen) atoms. The standard InChI is InChI=1S/C23H27N5O3S/c1-2-32(30,31)27-15-13-26(14-16-27)18-23(29)24-22-17-21(19-9-5-3-6-10-19)25-28(22)20-11-7-4-8-12-20/h3-12,17H,2,13-16,18H2,1H3,(H,24,29). The third-order valence-electron chi connectivity index (χ3n) is 5.50. The maximum absolute atomic E-state index is 12.8. The van der Waals surface area contributed by atoms with Crippen molar-refractivity contribution in [3.05, 3.63) is 66.7 Å². The molecule has 2 aromatic carbocycles. The number of amides is 1. The second-order valence-electron chi connectivity index (χ2n) is 7.65. The van der Waals surface area contributed by atoms with Gasteiger partial charge in [-0.3, -0.25) is 9.69 Å². The Bertz CT molecular complexity index is 1150. The van der Waals surface area contributed by atoms with Gasteiger partial charge in [-0.2, -0.15) is 9.40 Å². The average molecular weight is 454 g/mol. The number of carbonyl (C=O) groups excluding carboxylic acids is 1. The van der Waals surface area contributed by atoms with E-state index in [1.165, 1.54) is 4.31 Å². The summed E-state index contributed by atoms with van der Waals surface area (Å²) in [5.74, 6) is 0.529. The molecule has 0 radical (unpaired) electrons. The molecule has 0 atom stereocenters. The van der Waals surface area contributed by atoms with Gasteiger partial charge in [0.25, 0.3) is 0 Å². The van der Waals surface area contributed by atoms with Crippen molar-refractivity contribution in [3.63, 3.8) is 0 Å². The Balaban J connectivity index is 1.48. The summed E-state index contributed by atoms with van der Waals surface area (Å²) in [6, 6.07) is 21.3. The molecule has 1 N–H and O–H groups in total. The first-order valence-corrected chi connectivity index (χ1v) is 12.3. The molecule has 1 aliphatic rings. The summed E-state index contributed by atoms with van der Waals surface area (Å²) in [6.45, 7) is 3.71. The molecule has 1 saturated heterocycles. The first-order valence-electron chi connectivity index (χ1n) is 10.7. The zero-order valence-corrected chi connectivity index (χ0v) is 18.8. The van der Waals surface area contributed by atoms with Gasteiger partial charge in [-0.1, -0.05) is 48.5 Å². The van der Waals surface area contributed by atoms with E-state index in [1.807, 2.05) is 71.6 Å². The number of para-hydroxylation sites is 1. The van der Waals surface area contributed by atoms with Crippen molar-refractivity contribution in [3.8, 4) is 16.9 Å². The lowest BCUT2D eigenvalue weighted by Gasteiger charge is -2.33. The Morgan fingerprint density at radius 2 is 1.59 bits per heavy atom. The highest BCUT2D eigenvalue weighted by molar-refractivity contribution is 7.89. The molecule has 0 spiro atoms. The summed E-state index contributed by atoms with van der Waals surface area (Å²) in [6.07, 6.45) is 0. The smallest absolute Gasteiger partial charge is 0.239 e. The third kappa shape index (κ3) is 5.07. The van der Waals surface area contributed by atoms with Gasteiger partial charge in [0.15, 0.2) is 0 Å². The molecular formula is C23H27N5O3S. The second-order valence-corrected chi connectivity index (χ2v) is 9.91. The van der Waals surface area contributed by atoms with Crippen molar-refractivity contribution in [2.24, 2.45) is 0 Å². The van der Waals surface area contributed by atoms with E-state index in [4.69, 9.17) is 5.10 Å². The number of hydrogen-bond acceptors (Lipinski definition) is 5. The lowest BCUT2D eigenvalue weighted by Crippen LogP contribution is -2.50. The van der Waals surface area contributed by atoms with Crippen LogP contribution in [0.2, 0.25) is 0 Å². The Hall–Kier alpha value is -3.01. The van der Waals surface area contributed by atoms with Crippen LogP contribution in [0.1, 0.15) is 6.92 Å². The molecule has 0 unspecified atom stereocenters. The first kappa shape index (κ1) is 22.2. The molecule has 8 nitrogen and oxygen atoms in total. The molecule has 1 aromatic heterocycles. The zero-order chi connectivity index (χ0) is 22.6. The molecule has 0 saturated carbocycles. The van der Waals surface area contributed by atoms with Gasteiger partial charge in [0.2, 0.25) is 15.9 Å². The lowest BCUT2D eigenvalue weighted by atomic mass is 10.1. The maximum Gasteiger partial charge on any atom is 0.239 e. The Morgan fingerprint density at radius 3 is 2.22 bits per heavy atom. The Labute approximate surface area is 188 Å². The van der Waals surface area contributed by atoms with Gasteiger partial charge >= 0.3 is 0 Å². The number of piperazine rings is 1. The van der Waals surface area contributed by atoms with Crippen LogP contribution in [0.3, 0.4) is 0 Å². The van der Waals surface area contributed by atoms with E-state index in [9.17, 15) is 13.2 Å². The number of anilines is 1. The molecule has 0 bridgehead atoms. The summed E-state index contributed by atoms with van der Waals surface area (Å²) >= 11 is 0. The van der Waals surface area contributed by atoms with Gasteiger partial charge in [-0.15, -0.1) is 0 Å². The van der Waals surface area contributed by atoms with Crippen LogP contribution in [0.4, 0.5) is 5.82 Å². The zero-order valence-electron chi connectivity index (χ0n) is 18.0. The Morgan fingerprint density at radius 1 is 0.969 bits per heavy atom. The monoisotopic (exact) mass is 453 g/mol. The van der Waals surface area contributed by atoms with E-state index in [2.05, 4.69) is 5.32 Å². The average Bonchev–Trinajstić information content (AvgIpc) is 3.24. The molecule has 2 heterocycles. The number of rotatable bonds is 7. The van der Waals surface area contributed by atoms with Gasteiger partial charge in [0.05, 0.1) is 23.7 Å². The van der Waals surface area contributed by atoms with Crippen molar-refractivity contribution < 1.29 is 13.2 Å². The molecule has 0 aliphatic carbocycles. The number of sulfonamides is 1. The minimum Gasteiger partial charge on any atom is -0.309 e. The number of nitrogens with one attached hydrogen (secondary N) is 1. The molecule has 1 fully saturated rings. The van der Waals surface area contributed by atoms with Crippen molar-refractivity contribution in [2.45, 2.75) is 6.92 Å². The van der Waals surface area contributed by atoms with Crippen LogP contribution < -0.4 is 5.32 Å². The summed E-state index contributed by atoms with van der Waals surface area (Å²) in [5.41, 5.74) is 2.58. The SMILES string of the molecule is CCS(=O)(=O)N1CCN(CC(=O)Nc2cc(-c3ccccc3)nn2-c2ccccc2)CC1. The molecule has 168 valence electrons. The van der Waals surface area contributed by atoms with Gasteiger partial charge in [0.1, 0.15) is 5.82 Å². The highest BCUT2D eigenvalue weighted by atomic mass is 32.2. The fourth-order valence-corrected chi connectivity index (χ4v) is 4.80. The highest BCUT2D eigenvalue weighted by Gasteiger charge is 2.26. The van der Waals surface area contributed by atoms with Crippen LogP contribution in [0.25, 0.3) is 16.9 Å². The summed E-state index contributed by atoms with van der Waals surface area (Å²) in [7, 11) is -3.19. The van der Waals surface area contributed by atoms with Crippen molar-refractivity contribution in [1.29, 1.82) is 0 Å². The van der Waals surface area contributed by atoms with Crippen molar-refractivity contribution >= 4 is 21.7 Å². The minimum absolute atomic E-state index is 0.0979. The van der Waals surface area contributed by atoms with E-state index in [0.29, 0.717) is 32.0 Å². The predicted octanol–water partition coefficient (Wildman–Crippen LogP) is 2.45. The molecule has 4 rings (SSSR count). The summed E-state index contributed by atoms with van der Waals surface area (Å²) in [4.78, 5) is 14.8. The number of aromatic nitrogens is 2. The summed E-state index contributed by atoms with van der Waals surface area (Å²) in [5, 5.41) is 7.70. The van der Waals surface area contributed by atoms with Crippen molar-refractivity contribution in [2.75, 3.05) is 43.8 Å². The molecular weight excluding hydrogens is 426 g/mol. The minimum atomic E-state index is -3.19. The van der Waals surface area contributed by atoms with Crippen LogP contribution in [-0.2, 0) is 14.8 Å². The normalized spacial score (nSPS) is 15.5. The molecule has 1 amide bonds. The van der Waals surface area contributed by atoms with E-state index >= 15 is 0 Å². The van der Waals surface area contributed by atoms with E-state index < -0.39 is 10.0 Å². The van der Waals surface area contributed by atoms with Gasteiger partial charge in [0, 0.05) is 37.8 Å². The number of nitrogens with zero attached hydrogens (tertiary/aromatic N) is 4. The van der Waals surface area contributed by atoms with Crippen molar-refractivity contribution in [1.82, 2.24) is 19.0 Å². The number of hydrogen-bond donors (Lipinski definition) is 1. The molecule has 3 aromatic rings. The molecule has 1 aliphatic heterocycles. The quantitative estimate of drug-likeness (QED) is 0.594. The van der Waals surface area contributed by atoms with E-state index in [-0.39, 0.29) is 18.2 Å². The van der Waals surface area contributed by atoms with Crippen LogP contribution in [0.15, 0.2) is 66.7 Å². The van der Waals surface area contributed by atoms with E-state index in [1.54, 1.807) is 11.6 Å². The van der Waals surface area contributed by atoms with Crippen LogP contribution in [0, 0.1) is 0 Å². The Kier molecular flexibility index (Phi) is 6.69. The lowest BCUT2D eigenvalue weighted by molar-refractivity contribution is -0.117. The summed E-state index contributed by atoms with van der Waals surface area (Å²) < 4.78 is 27.3. The fourth-order valence-electron chi connectivity index (χ4n) is 3.72. The fraction of sp³-hybridized carbons (Fsp3) is 0.304.